The first-order valence-electron chi connectivity index (χ1n) is 9.11. The molecule has 1 fully saturated rings. The number of urea groups is 1. The third-order valence-corrected chi connectivity index (χ3v) is 5.02. The molecule has 152 valence electrons. The highest BCUT2D eigenvalue weighted by Gasteiger charge is 2.55. The van der Waals surface area contributed by atoms with E-state index >= 15 is 0 Å². The number of hydrogen-bond acceptors (Lipinski definition) is 3. The van der Waals surface area contributed by atoms with E-state index in [4.69, 9.17) is 4.74 Å². The van der Waals surface area contributed by atoms with Crippen LogP contribution in [0.2, 0.25) is 0 Å². The van der Waals surface area contributed by atoms with Crippen molar-refractivity contribution in [2.75, 3.05) is 12.4 Å². The minimum Gasteiger partial charge on any atom is -0.493 e. The first-order valence-corrected chi connectivity index (χ1v) is 9.11. The van der Waals surface area contributed by atoms with Crippen molar-refractivity contribution >= 4 is 11.7 Å². The van der Waals surface area contributed by atoms with Crippen LogP contribution in [-0.4, -0.2) is 28.8 Å². The van der Waals surface area contributed by atoms with Crippen LogP contribution in [-0.2, 0) is 12.1 Å². The van der Waals surface area contributed by atoms with Gasteiger partial charge < -0.3 is 15.4 Å². The minimum atomic E-state index is -3.44. The van der Waals surface area contributed by atoms with Crippen molar-refractivity contribution in [3.05, 3.63) is 41.5 Å². The fourth-order valence-electron chi connectivity index (χ4n) is 3.25. The lowest BCUT2D eigenvalue weighted by Gasteiger charge is -2.40. The molecule has 2 amide bonds. The molecule has 2 N–H and O–H groups in total. The molecule has 0 unspecified atom stereocenters. The Morgan fingerprint density at radius 2 is 2.17 bits per heavy atom. The Morgan fingerprint density at radius 3 is 2.79 bits per heavy atom. The number of aromatic nitrogens is 2. The van der Waals surface area contributed by atoms with Crippen LogP contribution >= 0.6 is 0 Å². The molecule has 1 atom stereocenters. The number of carbonyl (C=O) groups excluding carboxylic acids is 1. The minimum absolute atomic E-state index is 0.0309. The second-order valence-electron chi connectivity index (χ2n) is 7.33. The summed E-state index contributed by atoms with van der Waals surface area (Å²) in [5.41, 5.74) is -2.13. The standard InChI is InChI=1S/C20H19F3N4O2/c1-19(22,23)20(6-5-12-3-4-12)15-8-16(21)13(7-17(15)25-18(28)26-20)10-27-11-14(29-2)9-24-27/h7-9,11-12H,3-4,10H2,1-2H3,(H2,25,26,28)/t20-/m0/s1. The fourth-order valence-corrected chi connectivity index (χ4v) is 3.25. The van der Waals surface area contributed by atoms with E-state index in [1.807, 2.05) is 0 Å². The van der Waals surface area contributed by atoms with Crippen LogP contribution in [0.4, 0.5) is 23.7 Å². The van der Waals surface area contributed by atoms with Crippen molar-refractivity contribution in [2.24, 2.45) is 5.92 Å². The maximum atomic E-state index is 14.9. The van der Waals surface area contributed by atoms with E-state index in [-0.39, 0.29) is 29.3 Å². The van der Waals surface area contributed by atoms with Gasteiger partial charge in [-0.15, -0.1) is 0 Å². The maximum Gasteiger partial charge on any atom is 0.320 e. The third kappa shape index (κ3) is 3.50. The number of amides is 2. The van der Waals surface area contributed by atoms with E-state index < -0.39 is 23.3 Å². The summed E-state index contributed by atoms with van der Waals surface area (Å²) in [5, 5.41) is 8.79. The number of nitrogens with one attached hydrogen (secondary N) is 2. The summed E-state index contributed by atoms with van der Waals surface area (Å²) in [6, 6.07) is 1.54. The van der Waals surface area contributed by atoms with Crippen LogP contribution in [0.5, 0.6) is 5.75 Å². The zero-order valence-corrected chi connectivity index (χ0v) is 15.9. The second kappa shape index (κ2) is 6.72. The summed E-state index contributed by atoms with van der Waals surface area (Å²) >= 11 is 0. The first kappa shape index (κ1) is 19.2. The Balaban J connectivity index is 1.79. The molecule has 29 heavy (non-hydrogen) atoms. The highest BCUT2D eigenvalue weighted by Crippen LogP contribution is 2.44. The lowest BCUT2D eigenvalue weighted by Crippen LogP contribution is -2.59. The number of anilines is 1. The summed E-state index contributed by atoms with van der Waals surface area (Å²) in [7, 11) is 1.48. The molecule has 6 nitrogen and oxygen atoms in total. The summed E-state index contributed by atoms with van der Waals surface area (Å²) in [4.78, 5) is 12.2. The Labute approximate surface area is 165 Å². The van der Waals surface area contributed by atoms with E-state index in [2.05, 4.69) is 27.6 Å². The molecular formula is C20H19F3N4O2. The third-order valence-electron chi connectivity index (χ3n) is 5.02. The van der Waals surface area contributed by atoms with Gasteiger partial charge in [-0.25, -0.2) is 18.0 Å². The largest absolute Gasteiger partial charge is 0.493 e. The topological polar surface area (TPSA) is 68.2 Å². The molecule has 1 aromatic carbocycles. The molecule has 2 aromatic rings. The van der Waals surface area contributed by atoms with Gasteiger partial charge in [-0.05, 0) is 25.0 Å². The number of fused-ring (bicyclic) bond motifs is 1. The number of benzene rings is 1. The second-order valence-corrected chi connectivity index (χ2v) is 7.33. The van der Waals surface area contributed by atoms with E-state index in [9.17, 15) is 18.0 Å². The molecule has 4 rings (SSSR count). The molecule has 1 saturated carbocycles. The number of hydrogen-bond donors (Lipinski definition) is 2. The normalized spacial score (nSPS) is 20.8. The van der Waals surface area contributed by atoms with Gasteiger partial charge >= 0.3 is 6.03 Å². The van der Waals surface area contributed by atoms with Gasteiger partial charge in [-0.2, -0.15) is 5.10 Å². The Hall–Kier alpha value is -3.15. The van der Waals surface area contributed by atoms with Crippen molar-refractivity contribution in [3.8, 4) is 17.6 Å². The van der Waals surface area contributed by atoms with Gasteiger partial charge in [0, 0.05) is 29.7 Å². The molecule has 2 heterocycles. The average molecular weight is 404 g/mol. The van der Waals surface area contributed by atoms with Crippen LogP contribution in [0.3, 0.4) is 0 Å². The van der Waals surface area contributed by atoms with Crippen molar-refractivity contribution in [1.29, 1.82) is 0 Å². The molecule has 0 bridgehead atoms. The predicted octanol–water partition coefficient (Wildman–Crippen LogP) is 3.48. The first-order chi connectivity index (χ1) is 13.7. The number of halogens is 3. The Kier molecular flexibility index (Phi) is 4.45. The van der Waals surface area contributed by atoms with Crippen LogP contribution in [0.25, 0.3) is 0 Å². The molecule has 1 aliphatic heterocycles. The van der Waals surface area contributed by atoms with Crippen LogP contribution in [0.15, 0.2) is 24.5 Å². The monoisotopic (exact) mass is 404 g/mol. The summed E-state index contributed by atoms with van der Waals surface area (Å²) in [5.74, 6) is 1.75. The Bertz CT molecular complexity index is 1030. The predicted molar refractivity (Wildman–Crippen MR) is 99.2 cm³/mol. The number of carbonyl (C=O) groups is 1. The van der Waals surface area contributed by atoms with Crippen molar-refractivity contribution in [2.45, 2.75) is 37.8 Å². The number of ether oxygens (including phenoxy) is 1. The summed E-state index contributed by atoms with van der Waals surface area (Å²) < 4.78 is 50.8. The van der Waals surface area contributed by atoms with E-state index in [1.54, 1.807) is 6.20 Å². The molecule has 2 aliphatic rings. The van der Waals surface area contributed by atoms with Gasteiger partial charge in [0.05, 0.1) is 26.0 Å². The number of nitrogens with zero attached hydrogens (tertiary/aromatic N) is 2. The SMILES string of the molecule is COc1cnn(Cc2cc3c(cc2F)[C@@](C#CC2CC2)(C(C)(F)F)NC(=O)N3)c1. The summed E-state index contributed by atoms with van der Waals surface area (Å²) in [6.45, 7) is 0.709. The van der Waals surface area contributed by atoms with Crippen LogP contribution in [0.1, 0.15) is 30.9 Å². The highest BCUT2D eigenvalue weighted by atomic mass is 19.3. The lowest BCUT2D eigenvalue weighted by molar-refractivity contribution is -0.0465. The maximum absolute atomic E-state index is 14.9. The average Bonchev–Trinajstić information content (AvgIpc) is 3.37. The van der Waals surface area contributed by atoms with E-state index in [1.165, 1.54) is 24.1 Å². The smallest absolute Gasteiger partial charge is 0.320 e. The van der Waals surface area contributed by atoms with Gasteiger partial charge in [0.25, 0.3) is 5.92 Å². The molecule has 0 radical (unpaired) electrons. The molecule has 0 saturated heterocycles. The number of rotatable bonds is 4. The molecule has 0 spiro atoms. The van der Waals surface area contributed by atoms with Crippen LogP contribution < -0.4 is 15.4 Å². The van der Waals surface area contributed by atoms with Gasteiger partial charge in [0.1, 0.15) is 5.82 Å². The Morgan fingerprint density at radius 1 is 1.41 bits per heavy atom. The van der Waals surface area contributed by atoms with Crippen molar-refractivity contribution < 1.29 is 22.7 Å². The van der Waals surface area contributed by atoms with Crippen LogP contribution in [0, 0.1) is 23.6 Å². The van der Waals surface area contributed by atoms with Gasteiger partial charge in [0.2, 0.25) is 0 Å². The lowest BCUT2D eigenvalue weighted by atomic mass is 9.81. The van der Waals surface area contributed by atoms with E-state index in [0.29, 0.717) is 12.7 Å². The number of methoxy groups -OCH3 is 1. The molecule has 1 aromatic heterocycles. The van der Waals surface area contributed by atoms with Crippen molar-refractivity contribution in [3.63, 3.8) is 0 Å². The van der Waals surface area contributed by atoms with Gasteiger partial charge in [-0.1, -0.05) is 11.8 Å². The zero-order valence-electron chi connectivity index (χ0n) is 15.9. The summed E-state index contributed by atoms with van der Waals surface area (Å²) in [6.07, 6.45) is 4.71. The molecule has 1 aliphatic carbocycles. The van der Waals surface area contributed by atoms with Crippen molar-refractivity contribution in [1.82, 2.24) is 15.1 Å². The van der Waals surface area contributed by atoms with E-state index in [0.717, 1.165) is 18.9 Å². The highest BCUT2D eigenvalue weighted by molar-refractivity contribution is 5.95. The molecular weight excluding hydrogens is 385 g/mol. The van der Waals surface area contributed by atoms with Gasteiger partial charge in [0.15, 0.2) is 11.3 Å². The quantitative estimate of drug-likeness (QED) is 0.767. The number of alkyl halides is 2. The fraction of sp³-hybridized carbons (Fsp3) is 0.400. The molecule has 9 heteroatoms. The zero-order chi connectivity index (χ0) is 20.8. The van der Waals surface area contributed by atoms with Gasteiger partial charge in [-0.3, -0.25) is 4.68 Å².